The van der Waals surface area contributed by atoms with Gasteiger partial charge < -0.3 is 14.7 Å². The van der Waals surface area contributed by atoms with E-state index in [0.29, 0.717) is 0 Å². The van der Waals surface area contributed by atoms with Crippen LogP contribution in [0.15, 0.2) is 146 Å². The number of anilines is 8. The first-order valence-corrected chi connectivity index (χ1v) is 27.5. The van der Waals surface area contributed by atoms with Crippen molar-refractivity contribution in [2.24, 2.45) is 0 Å². The van der Waals surface area contributed by atoms with Crippen molar-refractivity contribution < 1.29 is 0 Å². The summed E-state index contributed by atoms with van der Waals surface area (Å²) in [5.74, 6) is 0. The molecule has 3 heterocycles. The lowest BCUT2D eigenvalue weighted by Crippen LogP contribution is -2.62. The molecule has 4 aliphatic rings. The molecule has 7 aromatic carbocycles. The van der Waals surface area contributed by atoms with Crippen LogP contribution in [0.2, 0.25) is 0 Å². The van der Waals surface area contributed by atoms with Gasteiger partial charge in [0.25, 0.3) is 6.71 Å². The van der Waals surface area contributed by atoms with Crippen LogP contribution in [0.5, 0.6) is 0 Å². The van der Waals surface area contributed by atoms with Crippen LogP contribution < -0.4 is 31.1 Å². The molecule has 0 bridgehead atoms. The van der Waals surface area contributed by atoms with Gasteiger partial charge in [-0.2, -0.15) is 0 Å². The lowest BCUT2D eigenvalue weighted by Gasteiger charge is -2.53. The largest absolute Gasteiger partial charge is 0.334 e. The van der Waals surface area contributed by atoms with E-state index in [0.717, 1.165) is 12.8 Å². The molecule has 0 aromatic heterocycles. The second-order valence-electron chi connectivity index (χ2n) is 27.7. The van der Waals surface area contributed by atoms with Gasteiger partial charge in [-0.25, -0.2) is 0 Å². The summed E-state index contributed by atoms with van der Waals surface area (Å²) >= 11 is 0. The van der Waals surface area contributed by atoms with Crippen molar-refractivity contribution in [3.63, 3.8) is 0 Å². The zero-order valence-corrected chi connectivity index (χ0v) is 47.1. The summed E-state index contributed by atoms with van der Waals surface area (Å²) in [7, 11) is 0. The lowest BCUT2D eigenvalue weighted by atomic mass is 9.33. The van der Waals surface area contributed by atoms with Crippen molar-refractivity contribution in [1.29, 1.82) is 0 Å². The van der Waals surface area contributed by atoms with E-state index in [2.05, 4.69) is 271 Å². The molecule has 3 nitrogen and oxygen atoms in total. The van der Waals surface area contributed by atoms with Crippen LogP contribution in [0.4, 0.5) is 45.5 Å². The number of hydrogen-bond donors (Lipinski definition) is 0. The van der Waals surface area contributed by atoms with E-state index in [1.165, 1.54) is 114 Å². The first kappa shape index (κ1) is 49.2. The summed E-state index contributed by atoms with van der Waals surface area (Å²) in [5.41, 5.74) is 23.3. The molecular weight excluding hydrogens is 882 g/mol. The van der Waals surface area contributed by atoms with Crippen LogP contribution in [0.3, 0.4) is 0 Å². The van der Waals surface area contributed by atoms with E-state index in [-0.39, 0.29) is 44.7 Å². The number of para-hydroxylation sites is 1. The molecule has 0 spiro atoms. The van der Waals surface area contributed by atoms with Crippen LogP contribution in [0.25, 0.3) is 0 Å². The Kier molecular flexibility index (Phi) is 11.1. The zero-order chi connectivity index (χ0) is 52.0. The lowest BCUT2D eigenvalue weighted by molar-refractivity contribution is 0.215. The molecule has 374 valence electrons. The fourth-order valence-electron chi connectivity index (χ4n) is 13.5. The predicted octanol–water partition coefficient (Wildman–Crippen LogP) is 17.0. The quantitative estimate of drug-likeness (QED) is 0.163. The maximum atomic E-state index is 2.82. The highest BCUT2D eigenvalue weighted by Gasteiger charge is 2.61. The van der Waals surface area contributed by atoms with Crippen molar-refractivity contribution in [2.45, 2.75) is 174 Å². The van der Waals surface area contributed by atoms with Gasteiger partial charge in [-0.3, -0.25) is 0 Å². The topological polar surface area (TPSA) is 9.72 Å². The Morgan fingerprint density at radius 3 is 1.22 bits per heavy atom. The Bertz CT molecular complexity index is 3120. The van der Waals surface area contributed by atoms with Crippen LogP contribution in [-0.4, -0.2) is 12.3 Å². The molecule has 7 aromatic rings. The Hall–Kier alpha value is -6.00. The fourth-order valence-corrected chi connectivity index (χ4v) is 13.5. The number of hydrogen-bond acceptors (Lipinski definition) is 3. The third kappa shape index (κ3) is 7.73. The van der Waals surface area contributed by atoms with E-state index in [1.54, 1.807) is 0 Å². The molecule has 73 heavy (non-hydrogen) atoms. The molecule has 0 saturated heterocycles. The summed E-state index contributed by atoms with van der Waals surface area (Å²) in [4.78, 5) is 8.09. The first-order valence-electron chi connectivity index (χ1n) is 27.5. The Balaban J connectivity index is 1.25. The van der Waals surface area contributed by atoms with E-state index < -0.39 is 0 Å². The number of rotatable bonds is 4. The number of benzene rings is 7. The average Bonchev–Trinajstić information content (AvgIpc) is 3.57. The highest BCUT2D eigenvalue weighted by atomic mass is 15.3. The van der Waals surface area contributed by atoms with E-state index in [9.17, 15) is 0 Å². The van der Waals surface area contributed by atoms with Crippen molar-refractivity contribution in [1.82, 2.24) is 0 Å². The summed E-state index contributed by atoms with van der Waals surface area (Å²) in [6.45, 7) is 37.7. The van der Waals surface area contributed by atoms with Gasteiger partial charge >= 0.3 is 0 Å². The fraction of sp³-hybridized carbons (Fsp3) is 0.391. The predicted molar refractivity (Wildman–Crippen MR) is 317 cm³/mol. The van der Waals surface area contributed by atoms with Gasteiger partial charge in [-0.05, 0) is 157 Å². The monoisotopic (exact) mass is 962 g/mol. The van der Waals surface area contributed by atoms with Crippen LogP contribution in [0.1, 0.15) is 175 Å². The standard InChI is InChI=1S/C69H80BN3/c1-63(2,3)45-23-25-48(26-24-45)69-40-20-19-39-68(69,16)73(57-22-18-17-21-54(57)69)53-43-60-62-61(44-53)72(52-35-29-47(30-36-52)65(7,8)9)59-38-32-50(67(13,14)15)42-56(59)70(62)55-41-49(66(10,11)12)31-37-58(55)71(60)51-33-27-46(28-34-51)64(4,5)6/h17-18,21-38,41-44H,19-20,39-40H2,1-16H3. The summed E-state index contributed by atoms with van der Waals surface area (Å²) in [5, 5.41) is 0. The number of fused-ring (bicyclic) bond motifs is 7. The van der Waals surface area contributed by atoms with E-state index in [1.807, 2.05) is 0 Å². The summed E-state index contributed by atoms with van der Waals surface area (Å²) in [6, 6.07) is 58.4. The van der Waals surface area contributed by atoms with Crippen molar-refractivity contribution in [3.05, 3.63) is 185 Å². The van der Waals surface area contributed by atoms with Gasteiger partial charge in [0, 0.05) is 50.9 Å². The minimum absolute atomic E-state index is 0.000370. The third-order valence-corrected chi connectivity index (χ3v) is 17.8. The highest BCUT2D eigenvalue weighted by molar-refractivity contribution is 7.00. The van der Waals surface area contributed by atoms with Gasteiger partial charge in [0.05, 0.1) is 5.54 Å². The first-order chi connectivity index (χ1) is 34.2. The van der Waals surface area contributed by atoms with Crippen LogP contribution in [-0.2, 0) is 32.5 Å². The van der Waals surface area contributed by atoms with E-state index in [4.69, 9.17) is 0 Å². The van der Waals surface area contributed by atoms with Crippen LogP contribution in [0, 0.1) is 0 Å². The molecular formula is C69H80BN3. The average molecular weight is 962 g/mol. The SMILES string of the molecule is CC(C)(C)c1ccc(N2c3ccc(C(C)(C)C)cc3B3c4cc(C(C)(C)C)ccc4N(c4ccc(C(C)(C)C)cc4)c4cc(N5c6ccccc6C6(c7ccc(C(C)(C)C)cc7)CCCCC56C)cc2c43)cc1. The molecule has 1 fully saturated rings. The minimum atomic E-state index is -0.251. The second kappa shape index (κ2) is 16.5. The minimum Gasteiger partial charge on any atom is -0.334 e. The molecule has 1 aliphatic carbocycles. The maximum absolute atomic E-state index is 2.82. The normalized spacial score (nSPS) is 19.6. The molecule has 11 rings (SSSR count). The van der Waals surface area contributed by atoms with Gasteiger partial charge in [0.1, 0.15) is 0 Å². The Morgan fingerprint density at radius 2 is 0.781 bits per heavy atom. The molecule has 2 unspecified atom stereocenters. The van der Waals surface area contributed by atoms with Crippen LogP contribution >= 0.6 is 0 Å². The highest BCUT2D eigenvalue weighted by Crippen LogP contribution is 2.64. The Labute approximate surface area is 440 Å². The van der Waals surface area contributed by atoms with Crippen molar-refractivity contribution >= 4 is 68.6 Å². The molecule has 4 heteroatoms. The van der Waals surface area contributed by atoms with Gasteiger partial charge in [0.2, 0.25) is 0 Å². The number of nitrogens with zero attached hydrogens (tertiary/aromatic N) is 3. The maximum Gasteiger partial charge on any atom is 0.252 e. The smallest absolute Gasteiger partial charge is 0.252 e. The Morgan fingerprint density at radius 1 is 0.384 bits per heavy atom. The molecule has 0 radical (unpaired) electrons. The zero-order valence-electron chi connectivity index (χ0n) is 47.1. The van der Waals surface area contributed by atoms with Gasteiger partial charge in [0.15, 0.2) is 0 Å². The van der Waals surface area contributed by atoms with Gasteiger partial charge in [-0.1, -0.05) is 208 Å². The summed E-state index contributed by atoms with van der Waals surface area (Å²) in [6.07, 6.45) is 4.59. The van der Waals surface area contributed by atoms with Crippen molar-refractivity contribution in [3.8, 4) is 0 Å². The third-order valence-electron chi connectivity index (χ3n) is 17.8. The van der Waals surface area contributed by atoms with E-state index >= 15 is 0 Å². The van der Waals surface area contributed by atoms with Crippen molar-refractivity contribution in [2.75, 3.05) is 14.7 Å². The summed E-state index contributed by atoms with van der Waals surface area (Å²) < 4.78 is 0. The molecule has 1 saturated carbocycles. The molecule has 0 amide bonds. The van der Waals surface area contributed by atoms with Gasteiger partial charge in [-0.15, -0.1) is 0 Å². The second-order valence-corrected chi connectivity index (χ2v) is 27.7. The molecule has 3 aliphatic heterocycles. The molecule has 0 N–H and O–H groups in total. The molecule has 2 atom stereocenters.